The number of ketones is 1. The topological polar surface area (TPSA) is 96.5 Å². The Hall–Kier alpha value is -2.97. The normalized spacial score (nSPS) is 16.5. The molecule has 1 aromatic heterocycles. The van der Waals surface area contributed by atoms with Gasteiger partial charge in [0.2, 0.25) is 15.8 Å². The lowest BCUT2D eigenvalue weighted by Crippen LogP contribution is -2.41. The van der Waals surface area contributed by atoms with Crippen LogP contribution in [0.2, 0.25) is 0 Å². The zero-order valence-electron chi connectivity index (χ0n) is 19.9. The van der Waals surface area contributed by atoms with E-state index in [1.54, 1.807) is 25.1 Å². The molecule has 7 nitrogen and oxygen atoms in total. The monoisotopic (exact) mass is 482 g/mol. The Balaban J connectivity index is 1.39. The summed E-state index contributed by atoms with van der Waals surface area (Å²) in [5.41, 5.74) is 4.08. The first-order valence-corrected chi connectivity index (χ1v) is 12.9. The fourth-order valence-electron chi connectivity index (χ4n) is 4.48. The third-order valence-electron chi connectivity index (χ3n) is 6.71. The van der Waals surface area contributed by atoms with Gasteiger partial charge in [0.1, 0.15) is 0 Å². The van der Waals surface area contributed by atoms with E-state index in [-0.39, 0.29) is 23.8 Å². The molecule has 0 aliphatic carbocycles. The van der Waals surface area contributed by atoms with Gasteiger partial charge in [-0.2, -0.15) is 4.31 Å². The van der Waals surface area contributed by atoms with Crippen LogP contribution in [0.4, 0.5) is 0 Å². The lowest BCUT2D eigenvalue weighted by Gasteiger charge is -2.30. The van der Waals surface area contributed by atoms with Crippen LogP contribution in [0.15, 0.2) is 47.4 Å². The molecular weight excluding hydrogens is 452 g/mol. The van der Waals surface area contributed by atoms with Gasteiger partial charge in [-0.05, 0) is 69.9 Å². The van der Waals surface area contributed by atoms with E-state index in [1.807, 2.05) is 45.0 Å². The van der Waals surface area contributed by atoms with Crippen molar-refractivity contribution in [2.45, 2.75) is 51.5 Å². The number of sulfonamides is 1. The summed E-state index contributed by atoms with van der Waals surface area (Å²) in [4.78, 5) is 29.3. The number of carbonyl (C=O) groups excluding carboxylic acids is 2. The minimum atomic E-state index is -3.62. The summed E-state index contributed by atoms with van der Waals surface area (Å²) in [6.45, 7) is 7.71. The Kier molecular flexibility index (Phi) is 6.64. The van der Waals surface area contributed by atoms with Crippen LogP contribution < -0.4 is 0 Å². The van der Waals surface area contributed by atoms with Crippen LogP contribution in [0.5, 0.6) is 0 Å². The second-order valence-corrected chi connectivity index (χ2v) is 11.0. The van der Waals surface area contributed by atoms with Gasteiger partial charge in [-0.25, -0.2) is 8.42 Å². The average Bonchev–Trinajstić information content (AvgIpc) is 3.15. The third-order valence-corrected chi connectivity index (χ3v) is 8.60. The predicted octanol–water partition coefficient (Wildman–Crippen LogP) is 4.31. The number of piperidine rings is 1. The molecule has 0 spiro atoms. The van der Waals surface area contributed by atoms with Gasteiger partial charge in [0.15, 0.2) is 6.10 Å². The summed E-state index contributed by atoms with van der Waals surface area (Å²) in [6.07, 6.45) is -0.214. The maximum absolute atomic E-state index is 13.1. The van der Waals surface area contributed by atoms with E-state index in [4.69, 9.17) is 4.74 Å². The maximum Gasteiger partial charge on any atom is 0.309 e. The Bertz CT molecular complexity index is 1350. The minimum absolute atomic E-state index is 0.235. The molecule has 1 aliphatic heterocycles. The van der Waals surface area contributed by atoms with E-state index in [1.165, 1.54) is 4.31 Å². The predicted molar refractivity (Wildman–Crippen MR) is 130 cm³/mol. The van der Waals surface area contributed by atoms with Gasteiger partial charge in [0.05, 0.1) is 10.8 Å². The summed E-state index contributed by atoms with van der Waals surface area (Å²) in [5.74, 6) is -1.15. The molecule has 0 saturated carbocycles. The molecule has 34 heavy (non-hydrogen) atoms. The van der Waals surface area contributed by atoms with E-state index >= 15 is 0 Å². The second kappa shape index (κ2) is 9.35. The number of esters is 1. The van der Waals surface area contributed by atoms with E-state index in [0.717, 1.165) is 27.7 Å². The number of carbonyl (C=O) groups is 2. The van der Waals surface area contributed by atoms with Crippen molar-refractivity contribution in [3.63, 3.8) is 0 Å². The average molecular weight is 483 g/mol. The summed E-state index contributed by atoms with van der Waals surface area (Å²) < 4.78 is 33.0. The molecule has 0 unspecified atom stereocenters. The third kappa shape index (κ3) is 4.52. The Morgan fingerprint density at radius 2 is 1.71 bits per heavy atom. The molecule has 2 aromatic carbocycles. The van der Waals surface area contributed by atoms with Crippen LogP contribution in [0.25, 0.3) is 10.9 Å². The number of aromatic amines is 1. The van der Waals surface area contributed by atoms with Gasteiger partial charge in [-0.1, -0.05) is 24.3 Å². The molecule has 1 saturated heterocycles. The minimum Gasteiger partial charge on any atom is -0.454 e. The molecule has 180 valence electrons. The van der Waals surface area contributed by atoms with Crippen LogP contribution >= 0.6 is 0 Å². The number of Topliss-reactive ketones (excluding diaryl/α,β-unsaturated/α-hetero) is 1. The van der Waals surface area contributed by atoms with E-state index in [0.29, 0.717) is 18.4 Å². The van der Waals surface area contributed by atoms with Gasteiger partial charge in [-0.3, -0.25) is 9.59 Å². The van der Waals surface area contributed by atoms with Crippen molar-refractivity contribution in [2.24, 2.45) is 5.92 Å². The number of benzene rings is 2. The fourth-order valence-corrected chi connectivity index (χ4v) is 6.03. The Morgan fingerprint density at radius 3 is 2.38 bits per heavy atom. The highest BCUT2D eigenvalue weighted by Gasteiger charge is 2.34. The standard InChI is InChI=1S/C26H30N2O5S/c1-16-9-10-21(15-17(16)2)34(31,32)28-13-11-20(12-14-28)26(30)33-19(4)25(29)24-18(3)27-23-8-6-5-7-22(23)24/h5-10,15,19-20,27H,11-14H2,1-4H3/t19-/m0/s1. The van der Waals surface area contributed by atoms with Gasteiger partial charge in [-0.15, -0.1) is 0 Å². The van der Waals surface area contributed by atoms with Gasteiger partial charge < -0.3 is 9.72 Å². The lowest BCUT2D eigenvalue weighted by molar-refractivity contribution is -0.152. The zero-order valence-corrected chi connectivity index (χ0v) is 20.7. The van der Waals surface area contributed by atoms with Crippen molar-refractivity contribution in [3.8, 4) is 0 Å². The molecular formula is C26H30N2O5S. The number of hydrogen-bond acceptors (Lipinski definition) is 5. The molecule has 2 heterocycles. The number of nitrogens with one attached hydrogen (secondary N) is 1. The second-order valence-electron chi connectivity index (χ2n) is 9.04. The van der Waals surface area contributed by atoms with Crippen LogP contribution in [-0.2, 0) is 19.6 Å². The van der Waals surface area contributed by atoms with Crippen LogP contribution in [-0.4, -0.2) is 48.7 Å². The number of para-hydroxylation sites is 1. The molecule has 8 heteroatoms. The Labute approximate surface area is 200 Å². The first-order chi connectivity index (χ1) is 16.1. The van der Waals surface area contributed by atoms with Gasteiger partial charge in [0, 0.05) is 35.2 Å². The molecule has 1 fully saturated rings. The SMILES string of the molecule is Cc1ccc(S(=O)(=O)N2CCC(C(=O)O[C@@H](C)C(=O)c3c(C)[nH]c4ccccc34)CC2)cc1C. The first kappa shape index (κ1) is 24.2. The fraction of sp³-hybridized carbons (Fsp3) is 0.385. The summed E-state index contributed by atoms with van der Waals surface area (Å²) in [7, 11) is -3.62. The molecule has 0 radical (unpaired) electrons. The van der Waals surface area contributed by atoms with Gasteiger partial charge >= 0.3 is 5.97 Å². The summed E-state index contributed by atoms with van der Waals surface area (Å²) in [6, 6.07) is 12.6. The number of ether oxygens (including phenoxy) is 1. The number of fused-ring (bicyclic) bond motifs is 1. The highest BCUT2D eigenvalue weighted by atomic mass is 32.2. The largest absolute Gasteiger partial charge is 0.454 e. The highest BCUT2D eigenvalue weighted by Crippen LogP contribution is 2.27. The van der Waals surface area contributed by atoms with Crippen molar-refractivity contribution in [1.82, 2.24) is 9.29 Å². The van der Waals surface area contributed by atoms with Crippen LogP contribution in [0.3, 0.4) is 0 Å². The summed E-state index contributed by atoms with van der Waals surface area (Å²) in [5, 5.41) is 0.803. The van der Waals surface area contributed by atoms with Crippen molar-refractivity contribution in [3.05, 3.63) is 64.8 Å². The van der Waals surface area contributed by atoms with E-state index < -0.39 is 28.0 Å². The quantitative estimate of drug-likeness (QED) is 0.417. The van der Waals surface area contributed by atoms with E-state index in [9.17, 15) is 18.0 Å². The van der Waals surface area contributed by atoms with E-state index in [2.05, 4.69) is 4.98 Å². The number of rotatable bonds is 6. The highest BCUT2D eigenvalue weighted by molar-refractivity contribution is 7.89. The van der Waals surface area contributed by atoms with Crippen molar-refractivity contribution >= 4 is 32.7 Å². The number of hydrogen-bond donors (Lipinski definition) is 1. The summed E-state index contributed by atoms with van der Waals surface area (Å²) >= 11 is 0. The molecule has 4 rings (SSSR count). The van der Waals surface area contributed by atoms with Crippen molar-refractivity contribution < 1.29 is 22.7 Å². The molecule has 1 N–H and O–H groups in total. The van der Waals surface area contributed by atoms with Crippen molar-refractivity contribution in [1.29, 1.82) is 0 Å². The molecule has 0 bridgehead atoms. The number of aromatic nitrogens is 1. The van der Waals surface area contributed by atoms with Crippen LogP contribution in [0, 0.1) is 26.7 Å². The molecule has 0 amide bonds. The zero-order chi connectivity index (χ0) is 24.6. The van der Waals surface area contributed by atoms with Crippen LogP contribution in [0.1, 0.15) is 46.9 Å². The maximum atomic E-state index is 13.1. The van der Waals surface area contributed by atoms with Crippen molar-refractivity contribution in [2.75, 3.05) is 13.1 Å². The lowest BCUT2D eigenvalue weighted by atomic mass is 9.98. The number of nitrogens with zero attached hydrogens (tertiary/aromatic N) is 1. The molecule has 1 atom stereocenters. The van der Waals surface area contributed by atoms with Gasteiger partial charge in [0.25, 0.3) is 0 Å². The smallest absolute Gasteiger partial charge is 0.309 e. The molecule has 1 aliphatic rings. The Morgan fingerprint density at radius 1 is 1.03 bits per heavy atom. The number of aryl methyl sites for hydroxylation is 3. The molecule has 3 aromatic rings. The first-order valence-electron chi connectivity index (χ1n) is 11.5. The number of H-pyrrole nitrogens is 1.